The minimum absolute atomic E-state index is 0.00176. The van der Waals surface area contributed by atoms with Crippen LogP contribution < -0.4 is 0 Å². The fourth-order valence-electron chi connectivity index (χ4n) is 3.54. The summed E-state index contributed by atoms with van der Waals surface area (Å²) >= 11 is 7.80. The Morgan fingerprint density at radius 3 is 2.67 bits per heavy atom. The van der Waals surface area contributed by atoms with Gasteiger partial charge in [-0.15, -0.1) is 11.3 Å². The van der Waals surface area contributed by atoms with E-state index in [1.165, 1.54) is 17.4 Å². The van der Waals surface area contributed by atoms with Crippen molar-refractivity contribution in [3.8, 4) is 0 Å². The van der Waals surface area contributed by atoms with Gasteiger partial charge in [0.25, 0.3) is 0 Å². The van der Waals surface area contributed by atoms with Gasteiger partial charge in [0.2, 0.25) is 11.8 Å². The lowest BCUT2D eigenvalue weighted by Crippen LogP contribution is -2.46. The van der Waals surface area contributed by atoms with Crippen LogP contribution in [0.15, 0.2) is 35.7 Å². The maximum Gasteiger partial charge on any atom is 0.242 e. The third kappa shape index (κ3) is 4.53. The summed E-state index contributed by atoms with van der Waals surface area (Å²) in [6, 6.07) is 9.69. The predicted molar refractivity (Wildman–Crippen MR) is 110 cm³/mol. The first-order valence-electron chi connectivity index (χ1n) is 9.38. The summed E-state index contributed by atoms with van der Waals surface area (Å²) < 4.78 is 0. The third-order valence-corrected chi connectivity index (χ3v) is 6.27. The molecule has 2 aromatic rings. The highest BCUT2D eigenvalue weighted by Crippen LogP contribution is 2.38. The van der Waals surface area contributed by atoms with Crippen LogP contribution in [0.3, 0.4) is 0 Å². The Kier molecular flexibility index (Phi) is 6.55. The molecule has 0 saturated heterocycles. The molecule has 1 aliphatic heterocycles. The molecule has 1 aromatic heterocycles. The summed E-state index contributed by atoms with van der Waals surface area (Å²) in [7, 11) is 0. The Morgan fingerprint density at radius 1 is 1.26 bits per heavy atom. The number of halogens is 1. The average molecular weight is 405 g/mol. The first-order valence-corrected chi connectivity index (χ1v) is 10.6. The van der Waals surface area contributed by atoms with Gasteiger partial charge in [0, 0.05) is 29.9 Å². The number of hydrogen-bond acceptors (Lipinski definition) is 3. The van der Waals surface area contributed by atoms with E-state index in [0.29, 0.717) is 18.1 Å². The molecular formula is C21H25ClN2O2S. The highest BCUT2D eigenvalue weighted by molar-refractivity contribution is 7.10. The lowest BCUT2D eigenvalue weighted by Gasteiger charge is -2.37. The van der Waals surface area contributed by atoms with Gasteiger partial charge in [0.15, 0.2) is 0 Å². The molecule has 4 nitrogen and oxygen atoms in total. The van der Waals surface area contributed by atoms with Gasteiger partial charge in [0.05, 0.1) is 12.6 Å². The highest BCUT2D eigenvalue weighted by Gasteiger charge is 2.33. The van der Waals surface area contributed by atoms with Crippen LogP contribution in [0, 0.1) is 0 Å². The number of unbranched alkanes of at least 4 members (excludes halogenated alkanes) is 1. The molecular weight excluding hydrogens is 380 g/mol. The second kappa shape index (κ2) is 8.89. The fourth-order valence-corrected chi connectivity index (χ4v) is 4.57. The summed E-state index contributed by atoms with van der Waals surface area (Å²) in [6.45, 7) is 5.05. The molecule has 0 spiro atoms. The first kappa shape index (κ1) is 19.9. The van der Waals surface area contributed by atoms with Crippen LogP contribution in [0.25, 0.3) is 0 Å². The van der Waals surface area contributed by atoms with Crippen LogP contribution in [0.5, 0.6) is 0 Å². The monoisotopic (exact) mass is 404 g/mol. The minimum Gasteiger partial charge on any atom is -0.334 e. The molecule has 1 atom stereocenters. The van der Waals surface area contributed by atoms with Crippen molar-refractivity contribution in [2.24, 2.45) is 0 Å². The van der Waals surface area contributed by atoms with Crippen molar-refractivity contribution < 1.29 is 9.59 Å². The summed E-state index contributed by atoms with van der Waals surface area (Å²) in [5, 5.41) is 2.77. The zero-order chi connectivity index (χ0) is 19.4. The van der Waals surface area contributed by atoms with Crippen molar-refractivity contribution in [3.63, 3.8) is 0 Å². The molecule has 0 saturated carbocycles. The normalized spacial score (nSPS) is 16.1. The molecule has 0 bridgehead atoms. The van der Waals surface area contributed by atoms with Crippen LogP contribution in [0.1, 0.15) is 48.7 Å². The van der Waals surface area contributed by atoms with Crippen LogP contribution in [0.2, 0.25) is 5.02 Å². The van der Waals surface area contributed by atoms with Gasteiger partial charge < -0.3 is 9.80 Å². The Balaban J connectivity index is 1.87. The second-order valence-electron chi connectivity index (χ2n) is 6.88. The molecule has 6 heteroatoms. The first-order chi connectivity index (χ1) is 13.0. The lowest BCUT2D eigenvalue weighted by atomic mass is 9.93. The van der Waals surface area contributed by atoms with E-state index in [4.69, 9.17) is 11.6 Å². The number of benzene rings is 1. The van der Waals surface area contributed by atoms with Gasteiger partial charge in [-0.25, -0.2) is 0 Å². The highest BCUT2D eigenvalue weighted by atomic mass is 35.5. The van der Waals surface area contributed by atoms with Crippen LogP contribution in [-0.2, 0) is 16.0 Å². The topological polar surface area (TPSA) is 40.6 Å². The van der Waals surface area contributed by atoms with Gasteiger partial charge in [0.1, 0.15) is 0 Å². The van der Waals surface area contributed by atoms with Gasteiger partial charge in [-0.2, -0.15) is 0 Å². The van der Waals surface area contributed by atoms with Crippen molar-refractivity contribution in [1.29, 1.82) is 0 Å². The summed E-state index contributed by atoms with van der Waals surface area (Å²) in [4.78, 5) is 30.0. The average Bonchev–Trinajstić information content (AvgIpc) is 3.13. The number of carbonyl (C=O) groups excluding carboxylic acids is 2. The lowest BCUT2D eigenvalue weighted by molar-refractivity contribution is -0.140. The minimum atomic E-state index is -0.121. The fraction of sp³-hybridized carbons (Fsp3) is 0.429. The number of nitrogens with zero attached hydrogens (tertiary/aromatic N) is 2. The van der Waals surface area contributed by atoms with E-state index in [-0.39, 0.29) is 24.4 Å². The van der Waals surface area contributed by atoms with E-state index in [0.717, 1.165) is 24.8 Å². The van der Waals surface area contributed by atoms with E-state index < -0.39 is 0 Å². The van der Waals surface area contributed by atoms with Crippen molar-refractivity contribution >= 4 is 34.8 Å². The van der Waals surface area contributed by atoms with E-state index in [2.05, 4.69) is 18.4 Å². The summed E-state index contributed by atoms with van der Waals surface area (Å²) in [6.07, 6.45) is 2.76. The van der Waals surface area contributed by atoms with E-state index in [1.54, 1.807) is 16.2 Å². The molecule has 1 aromatic carbocycles. The molecule has 27 heavy (non-hydrogen) atoms. The standard InChI is InChI=1S/C21H25ClN2O2S/c1-3-4-11-23(15(2)25)14-20(26)24-12-9-19-18(10-13-27-19)21(24)16-5-7-17(22)8-6-16/h5-8,10,13,21H,3-4,9,11-12,14H2,1-2H3/t21-/m0/s1. The van der Waals surface area contributed by atoms with Gasteiger partial charge in [-0.1, -0.05) is 37.1 Å². The smallest absolute Gasteiger partial charge is 0.242 e. The van der Waals surface area contributed by atoms with Crippen molar-refractivity contribution in [2.45, 2.75) is 39.2 Å². The van der Waals surface area contributed by atoms with E-state index >= 15 is 0 Å². The number of rotatable bonds is 6. The molecule has 0 unspecified atom stereocenters. The van der Waals surface area contributed by atoms with Gasteiger partial charge in [-0.05, 0) is 47.5 Å². The third-order valence-electron chi connectivity index (χ3n) is 5.03. The number of amides is 2. The van der Waals surface area contributed by atoms with Crippen LogP contribution >= 0.6 is 22.9 Å². The molecule has 2 amide bonds. The van der Waals surface area contributed by atoms with Crippen LogP contribution in [0.4, 0.5) is 0 Å². The van der Waals surface area contributed by atoms with Crippen molar-refractivity contribution in [1.82, 2.24) is 9.80 Å². The molecule has 3 rings (SSSR count). The number of thiophene rings is 1. The largest absolute Gasteiger partial charge is 0.334 e. The molecule has 0 N–H and O–H groups in total. The Hall–Kier alpha value is -1.85. The quantitative estimate of drug-likeness (QED) is 0.709. The Labute approximate surface area is 169 Å². The Morgan fingerprint density at radius 2 is 2.00 bits per heavy atom. The predicted octanol–water partition coefficient (Wildman–Crippen LogP) is 4.52. The maximum atomic E-state index is 13.2. The zero-order valence-electron chi connectivity index (χ0n) is 15.8. The molecule has 144 valence electrons. The van der Waals surface area contributed by atoms with Gasteiger partial charge >= 0.3 is 0 Å². The SMILES string of the molecule is CCCCN(CC(=O)N1CCc2sccc2[C@@H]1c1ccc(Cl)cc1)C(C)=O. The molecule has 1 aliphatic rings. The molecule has 0 radical (unpaired) electrons. The zero-order valence-corrected chi connectivity index (χ0v) is 17.4. The van der Waals surface area contributed by atoms with E-state index in [9.17, 15) is 9.59 Å². The molecule has 0 aliphatic carbocycles. The van der Waals surface area contributed by atoms with E-state index in [1.807, 2.05) is 29.2 Å². The molecule has 2 heterocycles. The van der Waals surface area contributed by atoms with Crippen molar-refractivity contribution in [2.75, 3.05) is 19.6 Å². The van der Waals surface area contributed by atoms with Crippen LogP contribution in [-0.4, -0.2) is 41.2 Å². The van der Waals surface area contributed by atoms with Gasteiger partial charge in [-0.3, -0.25) is 9.59 Å². The number of hydrogen-bond donors (Lipinski definition) is 0. The maximum absolute atomic E-state index is 13.2. The Bertz CT molecular complexity index is 803. The second-order valence-corrected chi connectivity index (χ2v) is 8.32. The summed E-state index contributed by atoms with van der Waals surface area (Å²) in [5.74, 6) is -0.0498. The number of fused-ring (bicyclic) bond motifs is 1. The van der Waals surface area contributed by atoms with Crippen molar-refractivity contribution in [3.05, 3.63) is 56.7 Å². The summed E-state index contributed by atoms with van der Waals surface area (Å²) in [5.41, 5.74) is 2.24. The number of carbonyl (C=O) groups is 2. The molecule has 0 fully saturated rings.